The number of benzene rings is 4. The van der Waals surface area contributed by atoms with Gasteiger partial charge in [-0.25, -0.2) is 4.99 Å². The zero-order valence-electron chi connectivity index (χ0n) is 21.0. The summed E-state index contributed by atoms with van der Waals surface area (Å²) in [5, 5.41) is 2.28. The van der Waals surface area contributed by atoms with Crippen LogP contribution < -0.4 is 5.73 Å². The summed E-state index contributed by atoms with van der Waals surface area (Å²) in [6, 6.07) is 36.8. The average molecular weight is 481 g/mol. The molecule has 2 aromatic heterocycles. The number of aryl methyl sites for hydroxylation is 2. The fourth-order valence-corrected chi connectivity index (χ4v) is 4.15. The van der Waals surface area contributed by atoms with Crippen molar-refractivity contribution in [1.82, 2.24) is 9.97 Å². The zero-order valence-corrected chi connectivity index (χ0v) is 21.0. The van der Waals surface area contributed by atoms with E-state index in [2.05, 4.69) is 65.4 Å². The van der Waals surface area contributed by atoms with Crippen molar-refractivity contribution in [3.05, 3.63) is 144 Å². The Balaban J connectivity index is 0.000000195. The van der Waals surface area contributed by atoms with Gasteiger partial charge >= 0.3 is 0 Å². The molecule has 4 aromatic carbocycles. The summed E-state index contributed by atoms with van der Waals surface area (Å²) in [6.45, 7) is 4.09. The number of hydrogen-bond donors (Lipinski definition) is 1. The molecule has 2 heterocycles. The minimum Gasteiger partial charge on any atom is -0.399 e. The van der Waals surface area contributed by atoms with Crippen molar-refractivity contribution < 1.29 is 0 Å². The highest BCUT2D eigenvalue weighted by Crippen LogP contribution is 2.23. The van der Waals surface area contributed by atoms with Gasteiger partial charge in [0.15, 0.2) is 0 Å². The predicted molar refractivity (Wildman–Crippen MR) is 156 cm³/mol. The lowest BCUT2D eigenvalue weighted by Crippen LogP contribution is -2.02. The molecule has 0 radical (unpaired) electrons. The highest BCUT2D eigenvalue weighted by atomic mass is 14.8. The molecule has 0 aliphatic rings. The minimum absolute atomic E-state index is 0.763. The molecule has 0 saturated heterocycles. The number of rotatable bonds is 3. The van der Waals surface area contributed by atoms with Crippen LogP contribution in [0.15, 0.2) is 127 Å². The molecule has 0 unspecified atom stereocenters. The molecule has 0 saturated carbocycles. The van der Waals surface area contributed by atoms with Crippen LogP contribution in [0.4, 0.5) is 11.4 Å². The molecule has 2 N–H and O–H groups in total. The van der Waals surface area contributed by atoms with E-state index in [1.807, 2.05) is 80.0 Å². The van der Waals surface area contributed by atoms with Gasteiger partial charge in [0.05, 0.1) is 22.4 Å². The summed E-state index contributed by atoms with van der Waals surface area (Å²) < 4.78 is 0. The van der Waals surface area contributed by atoms with E-state index in [-0.39, 0.29) is 0 Å². The highest BCUT2D eigenvalue weighted by molar-refractivity contribution is 6.14. The molecule has 0 fully saturated rings. The van der Waals surface area contributed by atoms with Crippen molar-refractivity contribution in [2.45, 2.75) is 13.8 Å². The SMILES string of the molecule is Cc1cnc2cc(N)ccc2c1.Cc1cnc2cc(N=C(c3ccccc3)c3ccccc3)ccc2c1. The van der Waals surface area contributed by atoms with E-state index in [0.29, 0.717) is 0 Å². The number of aromatic nitrogens is 2. The Morgan fingerprint density at radius 3 is 1.68 bits per heavy atom. The summed E-state index contributed by atoms with van der Waals surface area (Å²) in [5.74, 6) is 0. The van der Waals surface area contributed by atoms with Gasteiger partial charge in [0, 0.05) is 40.0 Å². The highest BCUT2D eigenvalue weighted by Gasteiger charge is 2.07. The van der Waals surface area contributed by atoms with E-state index >= 15 is 0 Å². The molecular formula is C33H28N4. The summed E-state index contributed by atoms with van der Waals surface area (Å²) in [5.41, 5.74) is 14.7. The van der Waals surface area contributed by atoms with Crippen LogP contribution in [0.3, 0.4) is 0 Å². The Morgan fingerprint density at radius 1 is 0.595 bits per heavy atom. The first-order chi connectivity index (χ1) is 18.0. The van der Waals surface area contributed by atoms with E-state index in [1.165, 1.54) is 5.56 Å². The Labute approximate surface area is 217 Å². The second-order valence-corrected chi connectivity index (χ2v) is 9.05. The maximum Gasteiger partial charge on any atom is 0.0781 e. The van der Waals surface area contributed by atoms with Crippen molar-refractivity contribution >= 4 is 38.9 Å². The van der Waals surface area contributed by atoms with Gasteiger partial charge in [-0.3, -0.25) is 9.97 Å². The number of hydrogen-bond acceptors (Lipinski definition) is 4. The van der Waals surface area contributed by atoms with Gasteiger partial charge in [-0.1, -0.05) is 72.8 Å². The van der Waals surface area contributed by atoms with Gasteiger partial charge in [0.1, 0.15) is 0 Å². The normalized spacial score (nSPS) is 10.5. The quantitative estimate of drug-likeness (QED) is 0.207. The largest absolute Gasteiger partial charge is 0.399 e. The van der Waals surface area contributed by atoms with E-state index in [4.69, 9.17) is 10.7 Å². The first-order valence-electron chi connectivity index (χ1n) is 12.2. The van der Waals surface area contributed by atoms with Crippen LogP contribution in [0.25, 0.3) is 21.8 Å². The molecule has 0 aliphatic heterocycles. The predicted octanol–water partition coefficient (Wildman–Crippen LogP) is 7.84. The molecule has 0 atom stereocenters. The van der Waals surface area contributed by atoms with Crippen LogP contribution in [0, 0.1) is 13.8 Å². The smallest absolute Gasteiger partial charge is 0.0781 e. The van der Waals surface area contributed by atoms with E-state index in [1.54, 1.807) is 0 Å². The minimum atomic E-state index is 0.763. The van der Waals surface area contributed by atoms with Gasteiger partial charge in [0.25, 0.3) is 0 Å². The summed E-state index contributed by atoms with van der Waals surface area (Å²) >= 11 is 0. The molecule has 0 bridgehead atoms. The van der Waals surface area contributed by atoms with E-state index in [9.17, 15) is 0 Å². The second kappa shape index (κ2) is 10.8. The van der Waals surface area contributed by atoms with Crippen LogP contribution in [-0.2, 0) is 0 Å². The standard InChI is InChI=1S/C23H18N2.C10H10N2/c1-17-14-20-12-13-21(15-22(20)24-16-17)25-23(18-8-4-2-5-9-18)19-10-6-3-7-11-19;1-7-4-8-2-3-9(11)5-10(8)12-6-7/h2-16H,1H3;2-6H,11H2,1H3. The Hall–Kier alpha value is -4.83. The maximum absolute atomic E-state index is 5.62. The van der Waals surface area contributed by atoms with Gasteiger partial charge < -0.3 is 5.73 Å². The fraction of sp³-hybridized carbons (Fsp3) is 0.0606. The molecule has 0 amide bonds. The van der Waals surface area contributed by atoms with Gasteiger partial charge in [-0.05, 0) is 61.4 Å². The number of anilines is 1. The van der Waals surface area contributed by atoms with Crippen molar-refractivity contribution in [2.75, 3.05) is 5.73 Å². The molecule has 6 rings (SSSR count). The van der Waals surface area contributed by atoms with Crippen molar-refractivity contribution in [2.24, 2.45) is 4.99 Å². The number of nitrogens with two attached hydrogens (primary N) is 1. The first kappa shape index (κ1) is 23.9. The topological polar surface area (TPSA) is 64.2 Å². The summed E-state index contributed by atoms with van der Waals surface area (Å²) in [6.07, 6.45) is 3.74. The molecule has 180 valence electrons. The third kappa shape index (κ3) is 5.88. The van der Waals surface area contributed by atoms with Crippen molar-refractivity contribution in [3.8, 4) is 0 Å². The van der Waals surface area contributed by atoms with Crippen LogP contribution >= 0.6 is 0 Å². The summed E-state index contributed by atoms with van der Waals surface area (Å²) in [7, 11) is 0. The van der Waals surface area contributed by atoms with Gasteiger partial charge in [-0.15, -0.1) is 0 Å². The Bertz CT molecular complexity index is 1610. The van der Waals surface area contributed by atoms with Crippen molar-refractivity contribution in [1.29, 1.82) is 0 Å². The third-order valence-corrected chi connectivity index (χ3v) is 5.98. The van der Waals surface area contributed by atoms with Gasteiger partial charge in [-0.2, -0.15) is 0 Å². The number of nitrogens with zero attached hydrogens (tertiary/aromatic N) is 3. The molecule has 37 heavy (non-hydrogen) atoms. The number of nitrogen functional groups attached to an aromatic ring is 1. The Kier molecular flexibility index (Phi) is 7.00. The van der Waals surface area contributed by atoms with Crippen LogP contribution in [0.5, 0.6) is 0 Å². The zero-order chi connectivity index (χ0) is 25.6. The fourth-order valence-electron chi connectivity index (χ4n) is 4.15. The molecule has 4 nitrogen and oxygen atoms in total. The monoisotopic (exact) mass is 480 g/mol. The Morgan fingerprint density at radius 2 is 1.11 bits per heavy atom. The molecule has 6 aromatic rings. The lowest BCUT2D eigenvalue weighted by atomic mass is 10.0. The first-order valence-corrected chi connectivity index (χ1v) is 12.2. The third-order valence-electron chi connectivity index (χ3n) is 5.98. The van der Waals surface area contributed by atoms with Crippen LogP contribution in [0.1, 0.15) is 22.3 Å². The molecular weight excluding hydrogens is 452 g/mol. The van der Waals surface area contributed by atoms with E-state index < -0.39 is 0 Å². The van der Waals surface area contributed by atoms with E-state index in [0.717, 1.165) is 55.6 Å². The number of pyridine rings is 2. The number of aliphatic imine (C=N–C) groups is 1. The lowest BCUT2D eigenvalue weighted by molar-refractivity contribution is 1.33. The molecule has 0 aliphatic carbocycles. The second-order valence-electron chi connectivity index (χ2n) is 9.05. The lowest BCUT2D eigenvalue weighted by Gasteiger charge is -2.08. The maximum atomic E-state index is 5.62. The van der Waals surface area contributed by atoms with Gasteiger partial charge in [0.2, 0.25) is 0 Å². The molecule has 0 spiro atoms. The van der Waals surface area contributed by atoms with Crippen molar-refractivity contribution in [3.63, 3.8) is 0 Å². The van der Waals surface area contributed by atoms with Crippen LogP contribution in [0.2, 0.25) is 0 Å². The van der Waals surface area contributed by atoms with Crippen LogP contribution in [-0.4, -0.2) is 15.7 Å². The number of fused-ring (bicyclic) bond motifs is 2. The summed E-state index contributed by atoms with van der Waals surface area (Å²) in [4.78, 5) is 13.7. The molecule has 4 heteroatoms. The average Bonchev–Trinajstić information content (AvgIpc) is 2.93.